The van der Waals surface area contributed by atoms with Gasteiger partial charge in [-0.15, -0.1) is 0 Å². The van der Waals surface area contributed by atoms with Crippen LogP contribution in [0.5, 0.6) is 0 Å². The quantitative estimate of drug-likeness (QED) is 0.762. The fraction of sp³-hybridized carbons (Fsp3) is 0.500. The SMILES string of the molecule is COC(C)CNc1ccc(N)c(C)n1. The van der Waals surface area contributed by atoms with Gasteiger partial charge in [0.2, 0.25) is 0 Å². The van der Waals surface area contributed by atoms with Crippen LogP contribution in [0.15, 0.2) is 12.1 Å². The molecule has 0 aliphatic rings. The molecule has 1 unspecified atom stereocenters. The number of ether oxygens (including phenoxy) is 1. The molecule has 0 fully saturated rings. The third-order valence-electron chi connectivity index (χ3n) is 2.10. The van der Waals surface area contributed by atoms with Crippen molar-refractivity contribution < 1.29 is 4.74 Å². The zero-order chi connectivity index (χ0) is 10.6. The summed E-state index contributed by atoms with van der Waals surface area (Å²) in [4.78, 5) is 4.29. The van der Waals surface area contributed by atoms with Crippen LogP contribution in [0, 0.1) is 6.92 Å². The Morgan fingerprint density at radius 3 is 2.86 bits per heavy atom. The first-order chi connectivity index (χ1) is 6.63. The van der Waals surface area contributed by atoms with E-state index in [9.17, 15) is 0 Å². The number of pyridine rings is 1. The highest BCUT2D eigenvalue weighted by Gasteiger charge is 2.01. The fourth-order valence-electron chi connectivity index (χ4n) is 1.00. The van der Waals surface area contributed by atoms with E-state index in [4.69, 9.17) is 10.5 Å². The zero-order valence-corrected chi connectivity index (χ0v) is 8.87. The van der Waals surface area contributed by atoms with Gasteiger partial charge in [-0.05, 0) is 26.0 Å². The number of aryl methyl sites for hydroxylation is 1. The minimum Gasteiger partial charge on any atom is -0.397 e. The second kappa shape index (κ2) is 4.81. The lowest BCUT2D eigenvalue weighted by Crippen LogP contribution is -2.18. The number of aromatic nitrogens is 1. The number of nitrogens with two attached hydrogens (primary N) is 1. The molecule has 0 saturated heterocycles. The summed E-state index contributed by atoms with van der Waals surface area (Å²) in [6.45, 7) is 4.63. The third kappa shape index (κ3) is 2.88. The average Bonchev–Trinajstić information content (AvgIpc) is 2.19. The van der Waals surface area contributed by atoms with Crippen LogP contribution in [0.1, 0.15) is 12.6 Å². The number of methoxy groups -OCH3 is 1. The van der Waals surface area contributed by atoms with Crippen molar-refractivity contribution >= 4 is 11.5 Å². The number of hydrogen-bond acceptors (Lipinski definition) is 4. The van der Waals surface area contributed by atoms with E-state index < -0.39 is 0 Å². The van der Waals surface area contributed by atoms with Gasteiger partial charge in [-0.25, -0.2) is 4.98 Å². The topological polar surface area (TPSA) is 60.2 Å². The van der Waals surface area contributed by atoms with Gasteiger partial charge in [0, 0.05) is 13.7 Å². The van der Waals surface area contributed by atoms with Crippen LogP contribution < -0.4 is 11.1 Å². The number of hydrogen-bond donors (Lipinski definition) is 2. The monoisotopic (exact) mass is 195 g/mol. The van der Waals surface area contributed by atoms with Crippen molar-refractivity contribution in [2.75, 3.05) is 24.7 Å². The lowest BCUT2D eigenvalue weighted by Gasteiger charge is -2.11. The van der Waals surface area contributed by atoms with E-state index >= 15 is 0 Å². The zero-order valence-electron chi connectivity index (χ0n) is 8.87. The molecule has 1 atom stereocenters. The minimum absolute atomic E-state index is 0.176. The summed E-state index contributed by atoms with van der Waals surface area (Å²) in [5, 5.41) is 3.17. The molecule has 78 valence electrons. The summed E-state index contributed by atoms with van der Waals surface area (Å²) in [6, 6.07) is 3.72. The molecule has 3 N–H and O–H groups in total. The van der Waals surface area contributed by atoms with Crippen molar-refractivity contribution in [1.82, 2.24) is 4.98 Å². The molecule has 4 heteroatoms. The molecular weight excluding hydrogens is 178 g/mol. The van der Waals surface area contributed by atoms with Crippen LogP contribution in [0.2, 0.25) is 0 Å². The lowest BCUT2D eigenvalue weighted by atomic mass is 10.3. The van der Waals surface area contributed by atoms with Crippen LogP contribution in [-0.2, 0) is 4.74 Å². The van der Waals surface area contributed by atoms with E-state index in [-0.39, 0.29) is 6.10 Å². The molecule has 1 aromatic rings. The Balaban J connectivity index is 2.55. The molecule has 4 nitrogen and oxygen atoms in total. The van der Waals surface area contributed by atoms with Gasteiger partial charge < -0.3 is 15.8 Å². The predicted molar refractivity (Wildman–Crippen MR) is 58.3 cm³/mol. The maximum Gasteiger partial charge on any atom is 0.126 e. The largest absolute Gasteiger partial charge is 0.397 e. The molecule has 1 heterocycles. The maximum atomic E-state index is 5.66. The van der Waals surface area contributed by atoms with Crippen LogP contribution in [0.4, 0.5) is 11.5 Å². The highest BCUT2D eigenvalue weighted by atomic mass is 16.5. The molecule has 0 amide bonds. The van der Waals surface area contributed by atoms with Crippen LogP contribution in [-0.4, -0.2) is 24.7 Å². The van der Waals surface area contributed by atoms with Gasteiger partial charge in [-0.3, -0.25) is 0 Å². The molecular formula is C10H17N3O. The summed E-state index contributed by atoms with van der Waals surface area (Å²) in [5.74, 6) is 0.834. The Hall–Kier alpha value is -1.29. The number of nitrogen functional groups attached to an aromatic ring is 1. The van der Waals surface area contributed by atoms with Crippen molar-refractivity contribution in [2.24, 2.45) is 0 Å². The number of anilines is 2. The lowest BCUT2D eigenvalue weighted by molar-refractivity contribution is 0.128. The molecule has 0 saturated carbocycles. The second-order valence-corrected chi connectivity index (χ2v) is 3.30. The predicted octanol–water partition coefficient (Wildman–Crippen LogP) is 1.42. The van der Waals surface area contributed by atoms with E-state index in [1.54, 1.807) is 7.11 Å². The van der Waals surface area contributed by atoms with Gasteiger partial charge in [0.25, 0.3) is 0 Å². The van der Waals surface area contributed by atoms with Gasteiger partial charge in [0.1, 0.15) is 5.82 Å². The van der Waals surface area contributed by atoms with Crippen molar-refractivity contribution in [2.45, 2.75) is 20.0 Å². The summed E-state index contributed by atoms with van der Waals surface area (Å²) < 4.78 is 5.11. The Labute approximate surface area is 84.5 Å². The third-order valence-corrected chi connectivity index (χ3v) is 2.10. The average molecular weight is 195 g/mol. The Bertz CT molecular complexity index is 301. The Morgan fingerprint density at radius 2 is 2.29 bits per heavy atom. The summed E-state index contributed by atoms with van der Waals surface area (Å²) in [7, 11) is 1.69. The first kappa shape index (κ1) is 10.8. The molecule has 0 bridgehead atoms. The smallest absolute Gasteiger partial charge is 0.126 e. The van der Waals surface area contributed by atoms with E-state index in [1.165, 1.54) is 0 Å². The highest BCUT2D eigenvalue weighted by molar-refractivity contribution is 5.48. The van der Waals surface area contributed by atoms with Gasteiger partial charge in [-0.2, -0.15) is 0 Å². The van der Waals surface area contributed by atoms with Gasteiger partial charge >= 0.3 is 0 Å². The fourth-order valence-corrected chi connectivity index (χ4v) is 1.00. The van der Waals surface area contributed by atoms with E-state index in [2.05, 4.69) is 10.3 Å². The number of nitrogens with zero attached hydrogens (tertiary/aromatic N) is 1. The van der Waals surface area contributed by atoms with Gasteiger partial charge in [-0.1, -0.05) is 0 Å². The molecule has 0 aliphatic carbocycles. The highest BCUT2D eigenvalue weighted by Crippen LogP contribution is 2.11. The maximum absolute atomic E-state index is 5.66. The first-order valence-electron chi connectivity index (χ1n) is 4.63. The van der Waals surface area contributed by atoms with Crippen molar-refractivity contribution in [3.05, 3.63) is 17.8 Å². The molecule has 0 aromatic carbocycles. The first-order valence-corrected chi connectivity index (χ1v) is 4.63. The molecule has 1 aromatic heterocycles. The molecule has 0 spiro atoms. The van der Waals surface area contributed by atoms with Crippen LogP contribution >= 0.6 is 0 Å². The molecule has 0 aliphatic heterocycles. The van der Waals surface area contributed by atoms with E-state index in [0.29, 0.717) is 0 Å². The summed E-state index contributed by atoms with van der Waals surface area (Å²) in [6.07, 6.45) is 0.176. The number of rotatable bonds is 4. The molecule has 0 radical (unpaired) electrons. The number of nitrogens with one attached hydrogen (secondary N) is 1. The normalized spacial score (nSPS) is 12.5. The summed E-state index contributed by atoms with van der Waals surface area (Å²) in [5.41, 5.74) is 7.22. The van der Waals surface area contributed by atoms with Gasteiger partial charge in [0.15, 0.2) is 0 Å². The van der Waals surface area contributed by atoms with Crippen LogP contribution in [0.25, 0.3) is 0 Å². The van der Waals surface area contributed by atoms with Crippen molar-refractivity contribution in [3.63, 3.8) is 0 Å². The summed E-state index contributed by atoms with van der Waals surface area (Å²) >= 11 is 0. The van der Waals surface area contributed by atoms with Gasteiger partial charge in [0.05, 0.1) is 17.5 Å². The Kier molecular flexibility index (Phi) is 3.71. The minimum atomic E-state index is 0.176. The second-order valence-electron chi connectivity index (χ2n) is 3.30. The van der Waals surface area contributed by atoms with Crippen molar-refractivity contribution in [1.29, 1.82) is 0 Å². The van der Waals surface area contributed by atoms with E-state index in [1.807, 2.05) is 26.0 Å². The molecule has 14 heavy (non-hydrogen) atoms. The molecule has 1 rings (SSSR count). The van der Waals surface area contributed by atoms with Crippen molar-refractivity contribution in [3.8, 4) is 0 Å². The van der Waals surface area contributed by atoms with Crippen LogP contribution in [0.3, 0.4) is 0 Å². The van der Waals surface area contributed by atoms with E-state index in [0.717, 1.165) is 23.7 Å². The Morgan fingerprint density at radius 1 is 1.57 bits per heavy atom. The standard InChI is InChI=1S/C10H17N3O/c1-7(14-3)6-12-10-5-4-9(11)8(2)13-10/h4-5,7H,6,11H2,1-3H3,(H,12,13).